The van der Waals surface area contributed by atoms with Gasteiger partial charge in [-0.2, -0.15) is 4.98 Å². The van der Waals surface area contributed by atoms with E-state index < -0.39 is 5.41 Å². The number of anilines is 1. The number of esters is 1. The Hall–Kier alpha value is -1.59. The number of ether oxygens (including phenoxy) is 1. The van der Waals surface area contributed by atoms with Gasteiger partial charge in [0.15, 0.2) is 0 Å². The van der Waals surface area contributed by atoms with Crippen LogP contribution in [-0.4, -0.2) is 27.8 Å². The maximum atomic E-state index is 12.0. The van der Waals surface area contributed by atoms with Crippen molar-refractivity contribution < 1.29 is 9.53 Å². The number of H-pyrrole nitrogens is 1. The van der Waals surface area contributed by atoms with Gasteiger partial charge in [-0.3, -0.25) is 9.89 Å². The standard InChI is InChI=1S/C10H16N4O2/c1-2-16-8(15)10(5-3-4-6-10)7-12-9(11)14-13-7/h2-6H2,1H3,(H3,11,12,13,14). The predicted octanol–water partition coefficient (Wildman–Crippen LogP) is 0.762. The lowest BCUT2D eigenvalue weighted by atomic mass is 9.85. The van der Waals surface area contributed by atoms with E-state index in [1.54, 1.807) is 6.92 Å². The number of hydrogen-bond donors (Lipinski definition) is 2. The van der Waals surface area contributed by atoms with Crippen molar-refractivity contribution in [1.82, 2.24) is 15.2 Å². The van der Waals surface area contributed by atoms with E-state index in [0.29, 0.717) is 12.4 Å². The Labute approximate surface area is 93.6 Å². The smallest absolute Gasteiger partial charge is 0.319 e. The molecule has 1 aliphatic carbocycles. The van der Waals surface area contributed by atoms with E-state index in [-0.39, 0.29) is 11.9 Å². The number of aromatic amines is 1. The average molecular weight is 224 g/mol. The van der Waals surface area contributed by atoms with E-state index in [9.17, 15) is 4.79 Å². The fourth-order valence-corrected chi connectivity index (χ4v) is 2.27. The summed E-state index contributed by atoms with van der Waals surface area (Å²) in [5, 5.41) is 6.52. The Bertz CT molecular complexity index is 382. The molecule has 0 amide bonds. The van der Waals surface area contributed by atoms with Gasteiger partial charge >= 0.3 is 5.97 Å². The van der Waals surface area contributed by atoms with Gasteiger partial charge in [-0.15, -0.1) is 5.10 Å². The molecule has 0 saturated heterocycles. The van der Waals surface area contributed by atoms with Crippen molar-refractivity contribution >= 4 is 11.9 Å². The normalized spacial score (nSPS) is 18.6. The summed E-state index contributed by atoms with van der Waals surface area (Å²) in [5.41, 5.74) is 4.82. The third kappa shape index (κ3) is 1.64. The molecule has 1 saturated carbocycles. The van der Waals surface area contributed by atoms with Crippen LogP contribution in [0.4, 0.5) is 5.95 Å². The van der Waals surface area contributed by atoms with Gasteiger partial charge in [0.1, 0.15) is 11.2 Å². The van der Waals surface area contributed by atoms with E-state index in [2.05, 4.69) is 15.2 Å². The van der Waals surface area contributed by atoms with Gasteiger partial charge in [-0.05, 0) is 19.8 Å². The highest BCUT2D eigenvalue weighted by molar-refractivity contribution is 5.82. The number of nitrogens with two attached hydrogens (primary N) is 1. The van der Waals surface area contributed by atoms with Crippen LogP contribution in [0.2, 0.25) is 0 Å². The van der Waals surface area contributed by atoms with Gasteiger partial charge in [0.05, 0.1) is 6.61 Å². The van der Waals surface area contributed by atoms with E-state index in [4.69, 9.17) is 10.5 Å². The van der Waals surface area contributed by atoms with Gasteiger partial charge in [0.25, 0.3) is 0 Å². The van der Waals surface area contributed by atoms with E-state index in [0.717, 1.165) is 25.7 Å². The summed E-state index contributed by atoms with van der Waals surface area (Å²) in [6, 6.07) is 0. The minimum absolute atomic E-state index is 0.172. The fraction of sp³-hybridized carbons (Fsp3) is 0.700. The van der Waals surface area contributed by atoms with E-state index in [1.807, 2.05) is 0 Å². The summed E-state index contributed by atoms with van der Waals surface area (Å²) < 4.78 is 5.13. The zero-order valence-corrected chi connectivity index (χ0v) is 9.32. The van der Waals surface area contributed by atoms with Crippen molar-refractivity contribution in [2.24, 2.45) is 0 Å². The van der Waals surface area contributed by atoms with Crippen LogP contribution in [0, 0.1) is 0 Å². The molecule has 1 fully saturated rings. The molecule has 88 valence electrons. The zero-order chi connectivity index (χ0) is 11.6. The molecule has 0 atom stereocenters. The molecule has 2 rings (SSSR count). The molecule has 1 aromatic heterocycles. The topological polar surface area (TPSA) is 93.9 Å². The van der Waals surface area contributed by atoms with Crippen LogP contribution >= 0.6 is 0 Å². The fourth-order valence-electron chi connectivity index (χ4n) is 2.27. The first-order valence-electron chi connectivity index (χ1n) is 5.54. The minimum atomic E-state index is -0.652. The summed E-state index contributed by atoms with van der Waals surface area (Å²) in [6.07, 6.45) is 3.50. The molecule has 3 N–H and O–H groups in total. The molecule has 1 heterocycles. The Morgan fingerprint density at radius 1 is 1.56 bits per heavy atom. The Balaban J connectivity index is 2.32. The highest BCUT2D eigenvalue weighted by atomic mass is 16.5. The molecule has 16 heavy (non-hydrogen) atoms. The Morgan fingerprint density at radius 3 is 2.75 bits per heavy atom. The van der Waals surface area contributed by atoms with E-state index >= 15 is 0 Å². The highest BCUT2D eigenvalue weighted by Crippen LogP contribution is 2.40. The van der Waals surface area contributed by atoms with Crippen LogP contribution in [0.1, 0.15) is 38.4 Å². The monoisotopic (exact) mass is 224 g/mol. The molecule has 6 nitrogen and oxygen atoms in total. The number of carbonyl (C=O) groups is 1. The number of rotatable bonds is 3. The lowest BCUT2D eigenvalue weighted by molar-refractivity contribution is -0.150. The van der Waals surface area contributed by atoms with Crippen LogP contribution in [-0.2, 0) is 14.9 Å². The molecule has 0 unspecified atom stereocenters. The lowest BCUT2D eigenvalue weighted by Crippen LogP contribution is -2.36. The molecule has 1 aliphatic rings. The summed E-state index contributed by atoms with van der Waals surface area (Å²) in [7, 11) is 0. The second-order valence-electron chi connectivity index (χ2n) is 4.05. The van der Waals surface area contributed by atoms with Crippen LogP contribution in [0.5, 0.6) is 0 Å². The SMILES string of the molecule is CCOC(=O)C1(c2nc(N)n[nH]2)CCCC1. The molecule has 0 aliphatic heterocycles. The first-order valence-corrected chi connectivity index (χ1v) is 5.54. The molecular weight excluding hydrogens is 208 g/mol. The number of hydrogen-bond acceptors (Lipinski definition) is 5. The molecule has 6 heteroatoms. The van der Waals surface area contributed by atoms with Gasteiger partial charge < -0.3 is 10.5 Å². The number of carbonyl (C=O) groups excluding carboxylic acids is 1. The summed E-state index contributed by atoms with van der Waals surface area (Å²) >= 11 is 0. The maximum absolute atomic E-state index is 12.0. The number of nitrogen functional groups attached to an aromatic ring is 1. The maximum Gasteiger partial charge on any atom is 0.319 e. The largest absolute Gasteiger partial charge is 0.465 e. The molecule has 0 spiro atoms. The van der Waals surface area contributed by atoms with E-state index in [1.165, 1.54) is 0 Å². The van der Waals surface area contributed by atoms with Gasteiger partial charge in [0, 0.05) is 0 Å². The van der Waals surface area contributed by atoms with Crippen LogP contribution in [0.25, 0.3) is 0 Å². The number of aromatic nitrogens is 3. The summed E-state index contributed by atoms with van der Waals surface area (Å²) in [5.74, 6) is 0.496. The number of nitrogens with zero attached hydrogens (tertiary/aromatic N) is 2. The first kappa shape index (κ1) is 10.9. The quantitative estimate of drug-likeness (QED) is 0.739. The van der Waals surface area contributed by atoms with Crippen molar-refractivity contribution in [2.75, 3.05) is 12.3 Å². The van der Waals surface area contributed by atoms with Crippen molar-refractivity contribution in [2.45, 2.75) is 38.0 Å². The lowest BCUT2D eigenvalue weighted by Gasteiger charge is -2.23. The number of nitrogens with one attached hydrogen (secondary N) is 1. The van der Waals surface area contributed by atoms with Crippen molar-refractivity contribution in [3.8, 4) is 0 Å². The Kier molecular flexibility index (Phi) is 2.80. The molecule has 0 aromatic carbocycles. The summed E-state index contributed by atoms with van der Waals surface area (Å²) in [6.45, 7) is 2.18. The van der Waals surface area contributed by atoms with Crippen LogP contribution in [0.15, 0.2) is 0 Å². The molecule has 0 radical (unpaired) electrons. The first-order chi connectivity index (χ1) is 7.69. The van der Waals surface area contributed by atoms with Gasteiger partial charge in [0.2, 0.25) is 5.95 Å². The summed E-state index contributed by atoms with van der Waals surface area (Å²) in [4.78, 5) is 16.1. The van der Waals surface area contributed by atoms with Gasteiger partial charge in [-0.25, -0.2) is 0 Å². The van der Waals surface area contributed by atoms with Crippen molar-refractivity contribution in [1.29, 1.82) is 0 Å². The minimum Gasteiger partial charge on any atom is -0.465 e. The second-order valence-corrected chi connectivity index (χ2v) is 4.05. The predicted molar refractivity (Wildman–Crippen MR) is 57.6 cm³/mol. The third-order valence-electron chi connectivity index (χ3n) is 3.08. The van der Waals surface area contributed by atoms with Gasteiger partial charge in [-0.1, -0.05) is 12.8 Å². The average Bonchev–Trinajstić information content (AvgIpc) is 2.86. The van der Waals surface area contributed by atoms with Crippen LogP contribution in [0.3, 0.4) is 0 Å². The van der Waals surface area contributed by atoms with Crippen molar-refractivity contribution in [3.05, 3.63) is 5.82 Å². The highest BCUT2D eigenvalue weighted by Gasteiger charge is 2.46. The third-order valence-corrected chi connectivity index (χ3v) is 3.08. The van der Waals surface area contributed by atoms with Crippen molar-refractivity contribution in [3.63, 3.8) is 0 Å². The second kappa shape index (κ2) is 4.11. The van der Waals surface area contributed by atoms with Crippen LogP contribution < -0.4 is 5.73 Å². The molecular formula is C10H16N4O2. The zero-order valence-electron chi connectivity index (χ0n) is 9.32. The Morgan fingerprint density at radius 2 is 2.25 bits per heavy atom. The molecule has 0 bridgehead atoms. The molecule has 1 aromatic rings.